The number of hydrogen-bond acceptors (Lipinski definition) is 2. The second kappa shape index (κ2) is 5.27. The van der Waals surface area contributed by atoms with Crippen LogP contribution in [0.1, 0.15) is 49.6 Å². The molecule has 6 heteroatoms. The van der Waals surface area contributed by atoms with Gasteiger partial charge < -0.3 is 5.32 Å². The van der Waals surface area contributed by atoms with Crippen molar-refractivity contribution in [3.05, 3.63) is 18.0 Å². The molecule has 1 fully saturated rings. The summed E-state index contributed by atoms with van der Waals surface area (Å²) >= 11 is 0. The highest BCUT2D eigenvalue weighted by Crippen LogP contribution is 2.39. The molecule has 1 aromatic rings. The van der Waals surface area contributed by atoms with Crippen molar-refractivity contribution in [2.24, 2.45) is 5.92 Å². The molecule has 0 saturated heterocycles. The van der Waals surface area contributed by atoms with E-state index in [2.05, 4.69) is 10.4 Å². The number of aromatic nitrogens is 2. The Morgan fingerprint density at radius 3 is 2.89 bits per heavy atom. The molecule has 0 radical (unpaired) electrons. The molecule has 2 rings (SSSR count). The van der Waals surface area contributed by atoms with Gasteiger partial charge in [-0.1, -0.05) is 0 Å². The van der Waals surface area contributed by atoms with Gasteiger partial charge in [0.1, 0.15) is 5.69 Å². The summed E-state index contributed by atoms with van der Waals surface area (Å²) < 4.78 is 28.5. The SMILES string of the molecule is CC(C)n1ccc(C(=O)NC[C@@H]2CCCC2(F)F)n1. The lowest BCUT2D eigenvalue weighted by Gasteiger charge is -2.18. The lowest BCUT2D eigenvalue weighted by molar-refractivity contribution is -0.0352. The molecule has 0 spiro atoms. The predicted octanol–water partition coefficient (Wildman–Crippen LogP) is 2.63. The molecule has 1 N–H and O–H groups in total. The van der Waals surface area contributed by atoms with Crippen LogP contribution in [0, 0.1) is 5.92 Å². The second-order valence-electron chi connectivity index (χ2n) is 5.33. The van der Waals surface area contributed by atoms with E-state index in [9.17, 15) is 13.6 Å². The number of hydrogen-bond donors (Lipinski definition) is 1. The summed E-state index contributed by atoms with van der Waals surface area (Å²) in [7, 11) is 0. The summed E-state index contributed by atoms with van der Waals surface area (Å²) in [6.45, 7) is 3.92. The van der Waals surface area contributed by atoms with Gasteiger partial charge in [0.15, 0.2) is 0 Å². The van der Waals surface area contributed by atoms with Crippen molar-refractivity contribution >= 4 is 5.91 Å². The minimum atomic E-state index is -2.65. The van der Waals surface area contributed by atoms with Gasteiger partial charge in [0.05, 0.1) is 0 Å². The normalized spacial score (nSPS) is 21.8. The summed E-state index contributed by atoms with van der Waals surface area (Å²) in [6.07, 6.45) is 2.63. The Hall–Kier alpha value is -1.46. The average molecular weight is 271 g/mol. The van der Waals surface area contributed by atoms with Crippen LogP contribution in [-0.4, -0.2) is 28.2 Å². The van der Waals surface area contributed by atoms with Gasteiger partial charge in [-0.05, 0) is 32.8 Å². The van der Waals surface area contributed by atoms with Crippen LogP contribution in [0.5, 0.6) is 0 Å². The maximum atomic E-state index is 13.4. The lowest BCUT2D eigenvalue weighted by atomic mass is 10.1. The smallest absolute Gasteiger partial charge is 0.271 e. The third-order valence-corrected chi connectivity index (χ3v) is 3.54. The summed E-state index contributed by atoms with van der Waals surface area (Å²) in [4.78, 5) is 11.8. The summed E-state index contributed by atoms with van der Waals surface area (Å²) in [5, 5.41) is 6.66. The first kappa shape index (κ1) is 14.0. The topological polar surface area (TPSA) is 46.9 Å². The second-order valence-corrected chi connectivity index (χ2v) is 5.33. The Morgan fingerprint density at radius 2 is 2.37 bits per heavy atom. The van der Waals surface area contributed by atoms with E-state index < -0.39 is 11.8 Å². The number of halogens is 2. The fourth-order valence-electron chi connectivity index (χ4n) is 2.30. The number of rotatable bonds is 4. The standard InChI is InChI=1S/C13H19F2N3O/c1-9(2)18-7-5-11(17-18)12(19)16-8-10-4-3-6-13(10,14)15/h5,7,9-10H,3-4,6,8H2,1-2H3,(H,16,19)/t10-/m0/s1. The molecule has 0 bridgehead atoms. The molecular weight excluding hydrogens is 252 g/mol. The molecule has 0 unspecified atom stereocenters. The van der Waals surface area contributed by atoms with Crippen LogP contribution in [0.15, 0.2) is 12.3 Å². The van der Waals surface area contributed by atoms with E-state index in [1.54, 1.807) is 16.9 Å². The first-order valence-corrected chi connectivity index (χ1v) is 6.61. The van der Waals surface area contributed by atoms with E-state index in [1.165, 1.54) is 0 Å². The molecule has 19 heavy (non-hydrogen) atoms. The summed E-state index contributed by atoms with van der Waals surface area (Å²) in [5.74, 6) is -3.78. The predicted molar refractivity (Wildman–Crippen MR) is 67.2 cm³/mol. The Kier molecular flexibility index (Phi) is 3.87. The zero-order valence-corrected chi connectivity index (χ0v) is 11.2. The molecule has 4 nitrogen and oxygen atoms in total. The third kappa shape index (κ3) is 3.11. The first-order chi connectivity index (χ1) is 8.90. The number of amides is 1. The minimum absolute atomic E-state index is 0.0143. The van der Waals surface area contributed by atoms with Crippen molar-refractivity contribution in [2.75, 3.05) is 6.54 Å². The Balaban J connectivity index is 1.90. The van der Waals surface area contributed by atoms with Crippen molar-refractivity contribution in [2.45, 2.75) is 45.1 Å². The quantitative estimate of drug-likeness (QED) is 0.915. The van der Waals surface area contributed by atoms with Gasteiger partial charge in [0.25, 0.3) is 11.8 Å². The van der Waals surface area contributed by atoms with E-state index in [0.717, 1.165) is 0 Å². The highest BCUT2D eigenvalue weighted by molar-refractivity contribution is 5.92. The highest BCUT2D eigenvalue weighted by Gasteiger charge is 2.43. The molecule has 1 aliphatic carbocycles. The van der Waals surface area contributed by atoms with Crippen molar-refractivity contribution in [3.63, 3.8) is 0 Å². The molecule has 0 aromatic carbocycles. The van der Waals surface area contributed by atoms with Crippen LogP contribution in [0.3, 0.4) is 0 Å². The lowest BCUT2D eigenvalue weighted by Crippen LogP contribution is -2.35. The third-order valence-electron chi connectivity index (χ3n) is 3.54. The van der Waals surface area contributed by atoms with Crippen LogP contribution in [0.4, 0.5) is 8.78 Å². The van der Waals surface area contributed by atoms with Crippen LogP contribution >= 0.6 is 0 Å². The van der Waals surface area contributed by atoms with Crippen molar-refractivity contribution in [1.82, 2.24) is 15.1 Å². The minimum Gasteiger partial charge on any atom is -0.350 e. The van der Waals surface area contributed by atoms with E-state index in [1.807, 2.05) is 13.8 Å². The average Bonchev–Trinajstić information content (AvgIpc) is 2.92. The molecule has 1 amide bonds. The van der Waals surface area contributed by atoms with Gasteiger partial charge >= 0.3 is 0 Å². The highest BCUT2D eigenvalue weighted by atomic mass is 19.3. The largest absolute Gasteiger partial charge is 0.350 e. The van der Waals surface area contributed by atoms with Crippen molar-refractivity contribution in [3.8, 4) is 0 Å². The monoisotopic (exact) mass is 271 g/mol. The Morgan fingerprint density at radius 1 is 1.63 bits per heavy atom. The van der Waals surface area contributed by atoms with Crippen molar-refractivity contribution in [1.29, 1.82) is 0 Å². The fraction of sp³-hybridized carbons (Fsp3) is 0.692. The molecule has 106 valence electrons. The van der Waals surface area contributed by atoms with E-state index in [-0.39, 0.29) is 30.6 Å². The number of nitrogens with zero attached hydrogens (tertiary/aromatic N) is 2. The molecule has 1 aliphatic rings. The van der Waals surface area contributed by atoms with E-state index in [0.29, 0.717) is 12.8 Å². The number of nitrogens with one attached hydrogen (secondary N) is 1. The molecule has 1 heterocycles. The van der Waals surface area contributed by atoms with Gasteiger partial charge in [-0.3, -0.25) is 9.48 Å². The van der Waals surface area contributed by atoms with E-state index >= 15 is 0 Å². The number of carbonyl (C=O) groups is 1. The zero-order chi connectivity index (χ0) is 14.0. The fourth-order valence-corrected chi connectivity index (χ4v) is 2.30. The van der Waals surface area contributed by atoms with Crippen LogP contribution in [-0.2, 0) is 0 Å². The number of alkyl halides is 2. The maximum absolute atomic E-state index is 13.4. The van der Waals surface area contributed by atoms with Gasteiger partial charge in [-0.2, -0.15) is 5.10 Å². The zero-order valence-electron chi connectivity index (χ0n) is 11.2. The van der Waals surface area contributed by atoms with Gasteiger partial charge in [-0.25, -0.2) is 8.78 Å². The summed E-state index contributed by atoms with van der Waals surface area (Å²) in [6, 6.07) is 1.77. The van der Waals surface area contributed by atoms with Gasteiger partial charge in [0, 0.05) is 31.1 Å². The van der Waals surface area contributed by atoms with Gasteiger partial charge in [0.2, 0.25) is 0 Å². The summed E-state index contributed by atoms with van der Waals surface area (Å²) in [5.41, 5.74) is 0.273. The first-order valence-electron chi connectivity index (χ1n) is 6.61. The van der Waals surface area contributed by atoms with Gasteiger partial charge in [-0.15, -0.1) is 0 Å². The molecule has 0 aliphatic heterocycles. The molecule has 1 atom stereocenters. The van der Waals surface area contributed by atoms with Crippen LogP contribution in [0.2, 0.25) is 0 Å². The Labute approximate surface area is 111 Å². The molecule has 1 aromatic heterocycles. The van der Waals surface area contributed by atoms with Crippen LogP contribution < -0.4 is 5.32 Å². The van der Waals surface area contributed by atoms with Crippen molar-refractivity contribution < 1.29 is 13.6 Å². The maximum Gasteiger partial charge on any atom is 0.271 e. The van der Waals surface area contributed by atoms with E-state index in [4.69, 9.17) is 0 Å². The van der Waals surface area contributed by atoms with Crippen LogP contribution in [0.25, 0.3) is 0 Å². The Bertz CT molecular complexity index is 456. The molecule has 1 saturated carbocycles. The molecular formula is C13H19F2N3O. The number of carbonyl (C=O) groups excluding carboxylic acids is 1.